The standard InChI is InChI=1S/C51H45N4O.Pt/c1-50(2,3)37-24-23-36(44(29-37)35-15-8-7-9-16-35)33-53-34-54(47-22-13-12-21-46(47)53)39-17-14-18-40(31-39)56-41-25-26-43-42-19-10-11-20-45(42)55(48(43)32-41)49-30-38(27-28-52-49)51(4,5)6;/h7-30,34H,33H2,1-6H3;/q-3;. The van der Waals surface area contributed by atoms with Crippen LogP contribution >= 0.6 is 0 Å². The van der Waals surface area contributed by atoms with Gasteiger partial charge in [-0.1, -0.05) is 126 Å². The average Bonchev–Trinajstić information content (AvgIpc) is 3.73. The number of fused-ring (bicyclic) bond motifs is 4. The molecule has 5 nitrogen and oxygen atoms in total. The molecule has 0 saturated carbocycles. The van der Waals surface area contributed by atoms with Crippen LogP contribution in [0.5, 0.6) is 11.5 Å². The van der Waals surface area contributed by atoms with Crippen molar-refractivity contribution in [3.63, 3.8) is 0 Å². The molecule has 9 rings (SSSR count). The number of anilines is 3. The molecule has 0 radical (unpaired) electrons. The van der Waals surface area contributed by atoms with Crippen LogP contribution in [-0.2, 0) is 38.4 Å². The largest absolute Gasteiger partial charge is 0.509 e. The Morgan fingerprint density at radius 1 is 0.632 bits per heavy atom. The van der Waals surface area contributed by atoms with Gasteiger partial charge in [-0.25, -0.2) is 4.98 Å². The first-order valence-electron chi connectivity index (χ1n) is 19.3. The van der Waals surface area contributed by atoms with Gasteiger partial charge in [-0.3, -0.25) is 0 Å². The summed E-state index contributed by atoms with van der Waals surface area (Å²) in [4.78, 5) is 9.37. The summed E-state index contributed by atoms with van der Waals surface area (Å²) in [6, 6.07) is 56.3. The monoisotopic (exact) mass is 924 g/mol. The normalized spacial score (nSPS) is 12.9. The van der Waals surface area contributed by atoms with Crippen LogP contribution < -0.4 is 14.5 Å². The molecule has 0 unspecified atom stereocenters. The van der Waals surface area contributed by atoms with Gasteiger partial charge in [0.1, 0.15) is 5.82 Å². The molecule has 0 bridgehead atoms. The van der Waals surface area contributed by atoms with Gasteiger partial charge in [-0.05, 0) is 74.4 Å². The molecular formula is C51H45N4OPt-3. The molecule has 8 aromatic rings. The first-order valence-corrected chi connectivity index (χ1v) is 19.3. The number of rotatable bonds is 7. The van der Waals surface area contributed by atoms with Crippen molar-refractivity contribution < 1.29 is 25.8 Å². The van der Waals surface area contributed by atoms with Gasteiger partial charge < -0.3 is 19.1 Å². The molecule has 0 spiro atoms. The maximum absolute atomic E-state index is 6.57. The number of pyridine rings is 1. The summed E-state index contributed by atoms with van der Waals surface area (Å²) in [5.74, 6) is 2.09. The molecule has 2 aromatic heterocycles. The summed E-state index contributed by atoms with van der Waals surface area (Å²) in [5.41, 5.74) is 11.5. The fourth-order valence-electron chi connectivity index (χ4n) is 7.68. The molecule has 0 aliphatic carbocycles. The fraction of sp³-hybridized carbons (Fsp3) is 0.176. The Morgan fingerprint density at radius 2 is 1.33 bits per heavy atom. The minimum Gasteiger partial charge on any atom is -0.509 e. The second-order valence-corrected chi connectivity index (χ2v) is 16.7. The Balaban J connectivity index is 0.00000455. The van der Waals surface area contributed by atoms with E-state index in [9.17, 15) is 0 Å². The van der Waals surface area contributed by atoms with Crippen molar-refractivity contribution in [2.45, 2.75) is 58.9 Å². The van der Waals surface area contributed by atoms with E-state index in [4.69, 9.17) is 9.72 Å². The van der Waals surface area contributed by atoms with Gasteiger partial charge in [-0.15, -0.1) is 41.4 Å². The van der Waals surface area contributed by atoms with Crippen LogP contribution in [0.4, 0.5) is 17.1 Å². The van der Waals surface area contributed by atoms with E-state index < -0.39 is 0 Å². The van der Waals surface area contributed by atoms with Gasteiger partial charge in [0.15, 0.2) is 0 Å². The number of ether oxygens (including phenoxy) is 1. The number of hydrogen-bond donors (Lipinski definition) is 0. The third-order valence-electron chi connectivity index (χ3n) is 10.7. The minimum atomic E-state index is -0.0115. The average molecular weight is 925 g/mol. The second-order valence-electron chi connectivity index (χ2n) is 16.7. The van der Waals surface area contributed by atoms with E-state index in [1.165, 1.54) is 27.8 Å². The third-order valence-corrected chi connectivity index (χ3v) is 10.7. The molecule has 1 aliphatic heterocycles. The Kier molecular flexibility index (Phi) is 10.1. The molecule has 1 aliphatic rings. The van der Waals surface area contributed by atoms with Gasteiger partial charge >= 0.3 is 0 Å². The maximum atomic E-state index is 6.57. The molecule has 0 saturated heterocycles. The number of para-hydroxylation sites is 3. The molecular weight excluding hydrogens is 880 g/mol. The Bertz CT molecular complexity index is 2720. The van der Waals surface area contributed by atoms with Crippen LogP contribution in [0.15, 0.2) is 146 Å². The molecule has 0 atom stereocenters. The topological polar surface area (TPSA) is 33.5 Å². The first kappa shape index (κ1) is 38.2. The summed E-state index contributed by atoms with van der Waals surface area (Å²) < 4.78 is 8.76. The van der Waals surface area contributed by atoms with Crippen molar-refractivity contribution in [2.75, 3.05) is 9.80 Å². The number of nitrogens with zero attached hydrogens (tertiary/aromatic N) is 4. The zero-order chi connectivity index (χ0) is 38.6. The number of aromatic nitrogens is 2. The zero-order valence-corrected chi connectivity index (χ0v) is 35.4. The molecule has 288 valence electrons. The van der Waals surface area contributed by atoms with Crippen LogP contribution in [0.2, 0.25) is 0 Å². The quantitative estimate of drug-likeness (QED) is 0.149. The Labute approximate surface area is 350 Å². The molecule has 0 amide bonds. The second kappa shape index (κ2) is 15.0. The molecule has 0 fully saturated rings. The van der Waals surface area contributed by atoms with E-state index in [2.05, 4.69) is 196 Å². The van der Waals surface area contributed by atoms with E-state index in [1.54, 1.807) is 0 Å². The minimum absolute atomic E-state index is 0. The molecule has 57 heavy (non-hydrogen) atoms. The van der Waals surface area contributed by atoms with Gasteiger partial charge in [0.05, 0.1) is 0 Å². The van der Waals surface area contributed by atoms with Crippen LogP contribution in [0.1, 0.15) is 58.2 Å². The van der Waals surface area contributed by atoms with E-state index in [1.807, 2.05) is 24.4 Å². The predicted molar refractivity (Wildman–Crippen MR) is 231 cm³/mol. The Hall–Kier alpha value is -5.64. The van der Waals surface area contributed by atoms with Crippen LogP contribution in [0.25, 0.3) is 38.8 Å². The molecule has 0 N–H and O–H groups in total. The van der Waals surface area contributed by atoms with Crippen LogP contribution in [0.3, 0.4) is 0 Å². The van der Waals surface area contributed by atoms with Gasteiger partial charge in [0.2, 0.25) is 0 Å². The van der Waals surface area contributed by atoms with Crippen molar-refractivity contribution in [3.8, 4) is 28.4 Å². The first-order chi connectivity index (χ1) is 27.0. The number of benzene rings is 6. The SMILES string of the molecule is CC(C)(C)c1ccnc(-n2c3[c-]c(Oc4[c-]c(N5[CH-]N(Cc6ccc(C(C)(C)C)cc6-c6ccccc6)c6ccccc65)ccc4)ccc3c3ccccc32)c1.[Pt]. The Morgan fingerprint density at radius 3 is 2.12 bits per heavy atom. The van der Waals surface area contributed by atoms with Gasteiger partial charge in [0, 0.05) is 62.2 Å². The van der Waals surface area contributed by atoms with Crippen LogP contribution in [0, 0.1) is 18.8 Å². The smallest absolute Gasteiger partial charge is 0.135 e. The van der Waals surface area contributed by atoms with Crippen molar-refractivity contribution in [1.82, 2.24) is 9.55 Å². The predicted octanol–water partition coefficient (Wildman–Crippen LogP) is 13.1. The summed E-state index contributed by atoms with van der Waals surface area (Å²) in [5, 5.41) is 2.25. The maximum Gasteiger partial charge on any atom is 0.135 e. The van der Waals surface area contributed by atoms with E-state index in [0.717, 1.165) is 51.2 Å². The van der Waals surface area contributed by atoms with Crippen LogP contribution in [-0.4, -0.2) is 9.55 Å². The molecule has 6 aromatic carbocycles. The van der Waals surface area contributed by atoms with Gasteiger partial charge in [-0.2, -0.15) is 18.8 Å². The zero-order valence-electron chi connectivity index (χ0n) is 33.2. The summed E-state index contributed by atoms with van der Waals surface area (Å²) in [6.07, 6.45) is 1.90. The van der Waals surface area contributed by atoms with E-state index in [-0.39, 0.29) is 31.9 Å². The number of hydrogen-bond acceptors (Lipinski definition) is 4. The third kappa shape index (κ3) is 7.38. The van der Waals surface area contributed by atoms with E-state index in [0.29, 0.717) is 11.5 Å². The molecule has 3 heterocycles. The van der Waals surface area contributed by atoms with E-state index >= 15 is 0 Å². The van der Waals surface area contributed by atoms with Crippen molar-refractivity contribution in [3.05, 3.63) is 181 Å². The summed E-state index contributed by atoms with van der Waals surface area (Å²) in [6.45, 7) is 16.4. The molecule has 6 heteroatoms. The van der Waals surface area contributed by atoms with Crippen molar-refractivity contribution >= 4 is 38.9 Å². The summed E-state index contributed by atoms with van der Waals surface area (Å²) in [7, 11) is 0. The van der Waals surface area contributed by atoms with Crippen molar-refractivity contribution in [1.29, 1.82) is 0 Å². The fourth-order valence-corrected chi connectivity index (χ4v) is 7.68. The summed E-state index contributed by atoms with van der Waals surface area (Å²) >= 11 is 0. The van der Waals surface area contributed by atoms with Crippen molar-refractivity contribution in [2.24, 2.45) is 0 Å². The van der Waals surface area contributed by atoms with Gasteiger partial charge in [0.25, 0.3) is 0 Å².